The van der Waals surface area contributed by atoms with Gasteiger partial charge in [-0.15, -0.1) is 0 Å². The predicted octanol–water partition coefficient (Wildman–Crippen LogP) is 3.14. The number of ether oxygens (including phenoxy) is 1. The zero-order chi connectivity index (χ0) is 22.1. The van der Waals surface area contributed by atoms with Crippen molar-refractivity contribution in [2.75, 3.05) is 39.2 Å². The summed E-state index contributed by atoms with van der Waals surface area (Å²) in [6.07, 6.45) is 1.78. The molecule has 2 heterocycles. The van der Waals surface area contributed by atoms with Gasteiger partial charge in [-0.25, -0.2) is 9.29 Å². The van der Waals surface area contributed by atoms with Gasteiger partial charge in [0.05, 0.1) is 18.4 Å². The molecule has 1 fully saturated rings. The van der Waals surface area contributed by atoms with Gasteiger partial charge in [-0.2, -0.15) is 0 Å². The van der Waals surface area contributed by atoms with Crippen LogP contribution in [0.1, 0.15) is 18.4 Å². The number of para-hydroxylation sites is 2. The number of rotatable bonds is 5. The highest BCUT2D eigenvalue weighted by molar-refractivity contribution is 6.45. The second kappa shape index (κ2) is 8.51. The third-order valence-electron chi connectivity index (χ3n) is 6.11. The molecule has 2 amide bonds. The van der Waals surface area contributed by atoms with Crippen molar-refractivity contribution in [3.63, 3.8) is 0 Å². The number of hydrogen-bond acceptors (Lipinski definition) is 5. The second-order valence-corrected chi connectivity index (χ2v) is 7.99. The van der Waals surface area contributed by atoms with Crippen LogP contribution in [0.15, 0.2) is 54.2 Å². The summed E-state index contributed by atoms with van der Waals surface area (Å²) in [5.74, 6) is -0.787. The molecule has 0 atom stereocenters. The van der Waals surface area contributed by atoms with Gasteiger partial charge in [0, 0.05) is 13.1 Å². The molecule has 2 aromatic carbocycles. The number of hydrogen-bond donors (Lipinski definition) is 0. The Bertz CT molecular complexity index is 1030. The molecule has 2 aliphatic heterocycles. The Balaban J connectivity index is 1.80. The van der Waals surface area contributed by atoms with Gasteiger partial charge in [-0.1, -0.05) is 24.3 Å². The van der Waals surface area contributed by atoms with Crippen LogP contribution in [0.25, 0.3) is 5.57 Å². The first kappa shape index (κ1) is 21.1. The molecule has 2 aromatic rings. The van der Waals surface area contributed by atoms with Crippen molar-refractivity contribution in [2.24, 2.45) is 0 Å². The van der Waals surface area contributed by atoms with Gasteiger partial charge in [-0.3, -0.25) is 9.59 Å². The number of nitrogens with zero attached hydrogens (tertiary/aromatic N) is 3. The van der Waals surface area contributed by atoms with Gasteiger partial charge in [0.15, 0.2) is 0 Å². The number of carbonyl (C=O) groups excluding carboxylic acids is 2. The van der Waals surface area contributed by atoms with Crippen LogP contribution in [-0.2, 0) is 9.59 Å². The minimum atomic E-state index is -0.434. The standard InChI is InChI=1S/C24H26FN3O3/c1-26-14-12-18(13-15-26)27(2)22-21(16-8-10-17(25)11-9-16)23(29)28(24(22)30)19-6-4-5-7-20(19)31-3/h4-11,18H,12-15H2,1-3H3. The van der Waals surface area contributed by atoms with Crippen molar-refractivity contribution in [3.8, 4) is 5.75 Å². The lowest BCUT2D eigenvalue weighted by atomic mass is 10.00. The quantitative estimate of drug-likeness (QED) is 0.692. The number of likely N-dealkylation sites (N-methyl/N-ethyl adjacent to an activating group) is 1. The third-order valence-corrected chi connectivity index (χ3v) is 6.11. The topological polar surface area (TPSA) is 53.1 Å². The minimum absolute atomic E-state index is 0.135. The highest BCUT2D eigenvalue weighted by Gasteiger charge is 2.44. The Morgan fingerprint density at radius 2 is 1.65 bits per heavy atom. The lowest BCUT2D eigenvalue weighted by Crippen LogP contribution is -2.43. The fourth-order valence-corrected chi connectivity index (χ4v) is 4.32. The van der Waals surface area contributed by atoms with E-state index in [4.69, 9.17) is 4.74 Å². The van der Waals surface area contributed by atoms with E-state index in [-0.39, 0.29) is 11.6 Å². The summed E-state index contributed by atoms with van der Waals surface area (Å²) in [6.45, 7) is 1.85. The van der Waals surface area contributed by atoms with Gasteiger partial charge in [0.1, 0.15) is 17.3 Å². The summed E-state index contributed by atoms with van der Waals surface area (Å²) in [5.41, 5.74) is 1.55. The third kappa shape index (κ3) is 3.81. The number of halogens is 1. The first-order chi connectivity index (χ1) is 14.9. The zero-order valence-electron chi connectivity index (χ0n) is 18.0. The number of carbonyl (C=O) groups is 2. The van der Waals surface area contributed by atoms with Gasteiger partial charge in [-0.05, 0) is 62.8 Å². The SMILES string of the molecule is COc1ccccc1N1C(=O)C(c2ccc(F)cc2)=C(N(C)C2CCN(C)CC2)C1=O. The van der Waals surface area contributed by atoms with Gasteiger partial charge < -0.3 is 14.5 Å². The van der Waals surface area contributed by atoms with E-state index < -0.39 is 17.6 Å². The first-order valence-electron chi connectivity index (χ1n) is 10.4. The van der Waals surface area contributed by atoms with Crippen molar-refractivity contribution in [1.29, 1.82) is 0 Å². The van der Waals surface area contributed by atoms with Gasteiger partial charge in [0.2, 0.25) is 0 Å². The maximum Gasteiger partial charge on any atom is 0.282 e. The highest BCUT2D eigenvalue weighted by atomic mass is 19.1. The molecular weight excluding hydrogens is 397 g/mol. The maximum atomic E-state index is 13.6. The van der Waals surface area contributed by atoms with Crippen LogP contribution in [0.4, 0.5) is 10.1 Å². The van der Waals surface area contributed by atoms with E-state index in [1.165, 1.54) is 19.2 Å². The largest absolute Gasteiger partial charge is 0.495 e. The van der Waals surface area contributed by atoms with Crippen molar-refractivity contribution in [3.05, 3.63) is 65.6 Å². The molecule has 1 saturated heterocycles. The number of imide groups is 1. The summed E-state index contributed by atoms with van der Waals surface area (Å²) in [7, 11) is 5.45. The normalized spacial score (nSPS) is 18.1. The summed E-state index contributed by atoms with van der Waals surface area (Å²) >= 11 is 0. The smallest absolute Gasteiger partial charge is 0.282 e. The molecule has 0 radical (unpaired) electrons. The monoisotopic (exact) mass is 423 g/mol. The Morgan fingerprint density at radius 3 is 2.29 bits per heavy atom. The number of methoxy groups -OCH3 is 1. The zero-order valence-corrected chi connectivity index (χ0v) is 18.0. The van der Waals surface area contributed by atoms with E-state index >= 15 is 0 Å². The maximum absolute atomic E-state index is 13.6. The van der Waals surface area contributed by atoms with E-state index in [1.54, 1.807) is 36.4 Å². The average Bonchev–Trinajstić information content (AvgIpc) is 3.04. The van der Waals surface area contributed by atoms with E-state index in [0.29, 0.717) is 22.7 Å². The van der Waals surface area contributed by atoms with Crippen molar-refractivity contribution >= 4 is 23.1 Å². The van der Waals surface area contributed by atoms with E-state index in [2.05, 4.69) is 11.9 Å². The van der Waals surface area contributed by atoms with Crippen LogP contribution >= 0.6 is 0 Å². The molecule has 0 aliphatic carbocycles. The first-order valence-corrected chi connectivity index (χ1v) is 10.4. The molecule has 31 heavy (non-hydrogen) atoms. The molecule has 0 bridgehead atoms. The number of amides is 2. The van der Waals surface area contributed by atoms with E-state index in [9.17, 15) is 14.0 Å². The molecule has 0 spiro atoms. The summed E-state index contributed by atoms with van der Waals surface area (Å²) in [5, 5.41) is 0. The van der Waals surface area contributed by atoms with Gasteiger partial charge in [0.25, 0.3) is 11.8 Å². The number of likely N-dealkylation sites (tertiary alicyclic amines) is 1. The van der Waals surface area contributed by atoms with Crippen molar-refractivity contribution < 1.29 is 18.7 Å². The number of piperidine rings is 1. The lowest BCUT2D eigenvalue weighted by Gasteiger charge is -2.36. The van der Waals surface area contributed by atoms with E-state index in [1.807, 2.05) is 11.9 Å². The number of anilines is 1. The summed E-state index contributed by atoms with van der Waals surface area (Å²) < 4.78 is 19.0. The molecule has 0 saturated carbocycles. The predicted molar refractivity (Wildman–Crippen MR) is 117 cm³/mol. The summed E-state index contributed by atoms with van der Waals surface area (Å²) in [6, 6.07) is 12.8. The number of benzene rings is 2. The second-order valence-electron chi connectivity index (χ2n) is 7.99. The summed E-state index contributed by atoms with van der Waals surface area (Å²) in [4.78, 5) is 32.6. The fraction of sp³-hybridized carbons (Fsp3) is 0.333. The van der Waals surface area contributed by atoms with Crippen LogP contribution in [0.2, 0.25) is 0 Å². The highest BCUT2D eigenvalue weighted by Crippen LogP contribution is 2.39. The molecule has 0 unspecified atom stereocenters. The minimum Gasteiger partial charge on any atom is -0.495 e. The molecular formula is C24H26FN3O3. The Hall–Kier alpha value is -3.19. The van der Waals surface area contributed by atoms with Crippen molar-refractivity contribution in [2.45, 2.75) is 18.9 Å². The van der Waals surface area contributed by atoms with Crippen LogP contribution in [0.3, 0.4) is 0 Å². The Labute approximate surface area is 181 Å². The molecule has 7 heteroatoms. The van der Waals surface area contributed by atoms with Crippen LogP contribution in [0.5, 0.6) is 5.75 Å². The van der Waals surface area contributed by atoms with Gasteiger partial charge >= 0.3 is 0 Å². The van der Waals surface area contributed by atoms with Crippen molar-refractivity contribution in [1.82, 2.24) is 9.80 Å². The molecule has 4 rings (SSSR count). The van der Waals surface area contributed by atoms with Crippen LogP contribution in [0, 0.1) is 5.82 Å². The fourth-order valence-electron chi connectivity index (χ4n) is 4.32. The molecule has 0 N–H and O–H groups in total. The molecule has 0 aromatic heterocycles. The van der Waals surface area contributed by atoms with Crippen LogP contribution < -0.4 is 9.64 Å². The Morgan fingerprint density at radius 1 is 1.00 bits per heavy atom. The molecule has 162 valence electrons. The lowest BCUT2D eigenvalue weighted by molar-refractivity contribution is -0.120. The van der Waals surface area contributed by atoms with Crippen LogP contribution in [-0.4, -0.2) is 62.0 Å². The average molecular weight is 423 g/mol. The molecule has 2 aliphatic rings. The Kier molecular flexibility index (Phi) is 5.78. The van der Waals surface area contributed by atoms with E-state index in [0.717, 1.165) is 30.8 Å². The molecule has 6 nitrogen and oxygen atoms in total.